The SMILES string of the molecule is CC(CCNC(=O)c1ccccc1)(C(=O)O)c1ccccc1. The highest BCUT2D eigenvalue weighted by molar-refractivity contribution is 5.94. The summed E-state index contributed by atoms with van der Waals surface area (Å²) in [5, 5.41) is 12.3. The third-order valence-corrected chi connectivity index (χ3v) is 3.83. The summed E-state index contributed by atoms with van der Waals surface area (Å²) in [6.45, 7) is 1.98. The van der Waals surface area contributed by atoms with Crippen molar-refractivity contribution in [3.05, 3.63) is 71.8 Å². The van der Waals surface area contributed by atoms with Gasteiger partial charge >= 0.3 is 5.97 Å². The number of carbonyl (C=O) groups is 2. The van der Waals surface area contributed by atoms with Gasteiger partial charge in [0.2, 0.25) is 0 Å². The summed E-state index contributed by atoms with van der Waals surface area (Å²) in [5.41, 5.74) is 0.279. The van der Waals surface area contributed by atoms with E-state index in [2.05, 4.69) is 5.32 Å². The molecule has 2 rings (SSSR count). The zero-order chi connectivity index (χ0) is 16.0. The van der Waals surface area contributed by atoms with Gasteiger partial charge in [-0.15, -0.1) is 0 Å². The fourth-order valence-electron chi connectivity index (χ4n) is 2.30. The molecule has 114 valence electrons. The fourth-order valence-corrected chi connectivity index (χ4v) is 2.30. The Morgan fingerprint density at radius 1 is 1.00 bits per heavy atom. The van der Waals surface area contributed by atoms with Crippen LogP contribution in [0.4, 0.5) is 0 Å². The van der Waals surface area contributed by atoms with Crippen molar-refractivity contribution in [3.8, 4) is 0 Å². The lowest BCUT2D eigenvalue weighted by molar-refractivity contribution is -0.143. The van der Waals surface area contributed by atoms with Gasteiger partial charge in [0.25, 0.3) is 5.91 Å². The molecule has 4 nitrogen and oxygen atoms in total. The summed E-state index contributed by atoms with van der Waals surface area (Å²) in [5.74, 6) is -1.09. The molecule has 1 atom stereocenters. The summed E-state index contributed by atoms with van der Waals surface area (Å²) in [6, 6.07) is 18.0. The number of rotatable bonds is 6. The van der Waals surface area contributed by atoms with Crippen LogP contribution in [0.3, 0.4) is 0 Å². The van der Waals surface area contributed by atoms with Crippen LogP contribution in [-0.4, -0.2) is 23.5 Å². The van der Waals surface area contributed by atoms with Gasteiger partial charge < -0.3 is 10.4 Å². The lowest BCUT2D eigenvalue weighted by atomic mass is 9.79. The molecule has 0 radical (unpaired) electrons. The van der Waals surface area contributed by atoms with E-state index in [1.54, 1.807) is 43.3 Å². The van der Waals surface area contributed by atoms with E-state index in [9.17, 15) is 14.7 Å². The molecule has 1 amide bonds. The van der Waals surface area contributed by atoms with Crippen LogP contribution in [0.15, 0.2) is 60.7 Å². The molecule has 0 aliphatic carbocycles. The number of carbonyl (C=O) groups excluding carboxylic acids is 1. The van der Waals surface area contributed by atoms with Crippen molar-refractivity contribution in [3.63, 3.8) is 0 Å². The van der Waals surface area contributed by atoms with E-state index in [1.807, 2.05) is 24.3 Å². The van der Waals surface area contributed by atoms with Gasteiger partial charge in [-0.25, -0.2) is 0 Å². The lowest BCUT2D eigenvalue weighted by Crippen LogP contribution is -2.37. The van der Waals surface area contributed by atoms with Gasteiger partial charge in [-0.05, 0) is 31.0 Å². The number of carboxylic acid groups (broad SMARTS) is 1. The zero-order valence-electron chi connectivity index (χ0n) is 12.5. The molecule has 0 saturated heterocycles. The number of hydrogen-bond donors (Lipinski definition) is 2. The average Bonchev–Trinajstić information content (AvgIpc) is 2.56. The second-order valence-electron chi connectivity index (χ2n) is 5.38. The largest absolute Gasteiger partial charge is 0.481 e. The molecule has 0 heterocycles. The molecule has 22 heavy (non-hydrogen) atoms. The average molecular weight is 297 g/mol. The molecule has 0 aromatic heterocycles. The maximum absolute atomic E-state index is 12.0. The molecule has 0 spiro atoms. The van der Waals surface area contributed by atoms with Crippen LogP contribution in [0, 0.1) is 0 Å². The van der Waals surface area contributed by atoms with E-state index < -0.39 is 11.4 Å². The first-order chi connectivity index (χ1) is 10.5. The molecule has 2 aromatic rings. The molecular weight excluding hydrogens is 278 g/mol. The molecule has 0 bridgehead atoms. The van der Waals surface area contributed by atoms with Crippen molar-refractivity contribution in [1.29, 1.82) is 0 Å². The Kier molecular flexibility index (Phi) is 4.94. The van der Waals surface area contributed by atoms with Gasteiger partial charge in [-0.3, -0.25) is 9.59 Å². The lowest BCUT2D eigenvalue weighted by Gasteiger charge is -2.25. The molecule has 2 N–H and O–H groups in total. The zero-order valence-corrected chi connectivity index (χ0v) is 12.5. The Morgan fingerprint density at radius 2 is 1.55 bits per heavy atom. The van der Waals surface area contributed by atoms with E-state index in [1.165, 1.54) is 0 Å². The highest BCUT2D eigenvalue weighted by Gasteiger charge is 2.34. The number of aliphatic carboxylic acids is 1. The second-order valence-corrected chi connectivity index (χ2v) is 5.38. The topological polar surface area (TPSA) is 66.4 Å². The maximum atomic E-state index is 12.0. The fraction of sp³-hybridized carbons (Fsp3) is 0.222. The first-order valence-corrected chi connectivity index (χ1v) is 7.16. The van der Waals surface area contributed by atoms with Gasteiger partial charge in [-0.2, -0.15) is 0 Å². The van der Waals surface area contributed by atoms with Crippen LogP contribution in [-0.2, 0) is 10.2 Å². The first kappa shape index (κ1) is 15.8. The first-order valence-electron chi connectivity index (χ1n) is 7.16. The van der Waals surface area contributed by atoms with Gasteiger partial charge in [0.05, 0.1) is 5.41 Å². The predicted molar refractivity (Wildman–Crippen MR) is 84.8 cm³/mol. The quantitative estimate of drug-likeness (QED) is 0.861. The summed E-state index contributed by atoms with van der Waals surface area (Å²) >= 11 is 0. The van der Waals surface area contributed by atoms with Crippen LogP contribution in [0.25, 0.3) is 0 Å². The molecule has 0 aliphatic heterocycles. The highest BCUT2D eigenvalue weighted by atomic mass is 16.4. The third kappa shape index (κ3) is 3.52. The normalized spacial score (nSPS) is 13.1. The van der Waals surface area contributed by atoms with E-state index in [4.69, 9.17) is 0 Å². The molecule has 0 saturated carbocycles. The van der Waals surface area contributed by atoms with Crippen LogP contribution in [0.1, 0.15) is 29.3 Å². The Morgan fingerprint density at radius 3 is 2.09 bits per heavy atom. The van der Waals surface area contributed by atoms with Gasteiger partial charge in [0, 0.05) is 12.1 Å². The van der Waals surface area contributed by atoms with Crippen molar-refractivity contribution in [2.45, 2.75) is 18.8 Å². The molecule has 0 fully saturated rings. The number of nitrogens with one attached hydrogen (secondary N) is 1. The summed E-state index contributed by atoms with van der Waals surface area (Å²) in [4.78, 5) is 23.6. The highest BCUT2D eigenvalue weighted by Crippen LogP contribution is 2.27. The summed E-state index contributed by atoms with van der Waals surface area (Å²) < 4.78 is 0. The van der Waals surface area contributed by atoms with E-state index in [0.29, 0.717) is 18.5 Å². The van der Waals surface area contributed by atoms with Crippen molar-refractivity contribution in [2.24, 2.45) is 0 Å². The molecular formula is C18H19NO3. The number of benzene rings is 2. The van der Waals surface area contributed by atoms with Crippen LogP contribution < -0.4 is 5.32 Å². The Labute approximate surface area is 129 Å². The minimum absolute atomic E-state index is 0.193. The number of amides is 1. The molecule has 0 aliphatic rings. The minimum atomic E-state index is -1.02. The van der Waals surface area contributed by atoms with Crippen LogP contribution in [0.2, 0.25) is 0 Å². The van der Waals surface area contributed by atoms with Crippen molar-refractivity contribution >= 4 is 11.9 Å². The Bertz CT molecular complexity index is 640. The summed E-state index contributed by atoms with van der Waals surface area (Å²) in [6.07, 6.45) is 0.324. The van der Waals surface area contributed by atoms with Crippen molar-refractivity contribution < 1.29 is 14.7 Å². The predicted octanol–water partition coefficient (Wildman–Crippen LogP) is 2.85. The van der Waals surface area contributed by atoms with Crippen molar-refractivity contribution in [2.75, 3.05) is 6.54 Å². The van der Waals surface area contributed by atoms with Gasteiger partial charge in [-0.1, -0.05) is 48.5 Å². The molecule has 2 aromatic carbocycles. The van der Waals surface area contributed by atoms with Gasteiger partial charge in [0.1, 0.15) is 0 Å². The van der Waals surface area contributed by atoms with Gasteiger partial charge in [0.15, 0.2) is 0 Å². The number of carboxylic acids is 1. The monoisotopic (exact) mass is 297 g/mol. The number of hydrogen-bond acceptors (Lipinski definition) is 2. The third-order valence-electron chi connectivity index (χ3n) is 3.83. The maximum Gasteiger partial charge on any atom is 0.313 e. The van der Waals surface area contributed by atoms with Crippen LogP contribution >= 0.6 is 0 Å². The van der Waals surface area contributed by atoms with Crippen LogP contribution in [0.5, 0.6) is 0 Å². The van der Waals surface area contributed by atoms with Crippen molar-refractivity contribution in [1.82, 2.24) is 5.32 Å². The van der Waals surface area contributed by atoms with E-state index in [-0.39, 0.29) is 5.91 Å². The molecule has 1 unspecified atom stereocenters. The summed E-state index contributed by atoms with van der Waals surface area (Å²) in [7, 11) is 0. The Hall–Kier alpha value is -2.62. The smallest absolute Gasteiger partial charge is 0.313 e. The second kappa shape index (κ2) is 6.89. The van der Waals surface area contributed by atoms with E-state index >= 15 is 0 Å². The standard InChI is InChI=1S/C18H19NO3/c1-18(17(21)22,15-10-6-3-7-11-15)12-13-19-16(20)14-8-4-2-5-9-14/h2-11H,12-13H2,1H3,(H,19,20)(H,21,22). The Balaban J connectivity index is 2.02. The van der Waals surface area contributed by atoms with E-state index in [0.717, 1.165) is 5.56 Å². The minimum Gasteiger partial charge on any atom is -0.481 e. The molecule has 4 heteroatoms.